The van der Waals surface area contributed by atoms with Crippen molar-refractivity contribution in [2.75, 3.05) is 42.9 Å². The first-order valence-corrected chi connectivity index (χ1v) is 11.4. The summed E-state index contributed by atoms with van der Waals surface area (Å²) in [7, 11) is 0. The Morgan fingerprint density at radius 3 is 2.66 bits per heavy atom. The Morgan fingerprint density at radius 2 is 1.83 bits per heavy atom. The van der Waals surface area contributed by atoms with Crippen molar-refractivity contribution >= 4 is 17.5 Å². The third-order valence-corrected chi connectivity index (χ3v) is 6.25. The van der Waals surface area contributed by atoms with Gasteiger partial charge in [0.1, 0.15) is 5.82 Å². The van der Waals surface area contributed by atoms with Crippen LogP contribution in [-0.4, -0.2) is 47.6 Å². The first kappa shape index (κ1) is 20.1. The highest BCUT2D eigenvalue weighted by molar-refractivity contribution is 5.58. The number of anilines is 3. The number of fused-ring (bicyclic) bond motifs is 1. The molecule has 0 atom stereocenters. The van der Waals surface area contributed by atoms with E-state index in [1.165, 1.54) is 75.7 Å². The van der Waals surface area contributed by atoms with Gasteiger partial charge in [0, 0.05) is 30.5 Å². The van der Waals surface area contributed by atoms with E-state index in [2.05, 4.69) is 58.2 Å². The molecule has 1 aromatic heterocycles. The first-order chi connectivity index (χ1) is 14.2. The van der Waals surface area contributed by atoms with Crippen LogP contribution in [0.4, 0.5) is 17.5 Å². The summed E-state index contributed by atoms with van der Waals surface area (Å²) in [5.74, 6) is 1.73. The van der Waals surface area contributed by atoms with Gasteiger partial charge in [0.15, 0.2) is 0 Å². The van der Waals surface area contributed by atoms with Crippen molar-refractivity contribution in [3.05, 3.63) is 41.1 Å². The van der Waals surface area contributed by atoms with Crippen LogP contribution in [0.25, 0.3) is 0 Å². The smallest absolute Gasteiger partial charge is 0.229 e. The Bertz CT molecular complexity index is 813. The fourth-order valence-corrected chi connectivity index (χ4v) is 4.65. The molecule has 1 fully saturated rings. The number of hydrogen-bond donors (Lipinski definition) is 1. The van der Waals surface area contributed by atoms with Crippen molar-refractivity contribution in [3.63, 3.8) is 0 Å². The summed E-state index contributed by atoms with van der Waals surface area (Å²) in [4.78, 5) is 14.5. The number of hydrogen-bond acceptors (Lipinski definition) is 5. The molecule has 0 unspecified atom stereocenters. The minimum Gasteiger partial charge on any atom is -0.357 e. The molecule has 2 heterocycles. The van der Waals surface area contributed by atoms with Gasteiger partial charge in [-0.3, -0.25) is 0 Å². The molecule has 0 spiro atoms. The van der Waals surface area contributed by atoms with Gasteiger partial charge < -0.3 is 15.1 Å². The third-order valence-electron chi connectivity index (χ3n) is 6.25. The molecule has 0 amide bonds. The normalized spacial score (nSPS) is 16.6. The molecule has 2 aliphatic rings. The first-order valence-electron chi connectivity index (χ1n) is 11.4. The van der Waals surface area contributed by atoms with E-state index in [1.807, 2.05) is 0 Å². The van der Waals surface area contributed by atoms with E-state index in [0.29, 0.717) is 5.95 Å². The molecule has 0 bridgehead atoms. The summed E-state index contributed by atoms with van der Waals surface area (Å²) in [5, 5.41) is 3.44. The zero-order chi connectivity index (χ0) is 20.1. The van der Waals surface area contributed by atoms with Crippen LogP contribution in [0.3, 0.4) is 0 Å². The lowest BCUT2D eigenvalue weighted by atomic mass is 10.1. The molecule has 1 aromatic carbocycles. The summed E-state index contributed by atoms with van der Waals surface area (Å²) in [6.45, 7) is 10.0. The van der Waals surface area contributed by atoms with Crippen LogP contribution in [0, 0.1) is 6.92 Å². The Balaban J connectivity index is 1.40. The van der Waals surface area contributed by atoms with Crippen LogP contribution in [0.15, 0.2) is 24.3 Å². The monoisotopic (exact) mass is 393 g/mol. The summed E-state index contributed by atoms with van der Waals surface area (Å²) < 4.78 is 0. The van der Waals surface area contributed by atoms with Crippen LogP contribution >= 0.6 is 0 Å². The van der Waals surface area contributed by atoms with Gasteiger partial charge in [-0.2, -0.15) is 4.98 Å². The number of nitrogens with zero attached hydrogens (tertiary/aromatic N) is 4. The van der Waals surface area contributed by atoms with Crippen LogP contribution in [0.5, 0.6) is 0 Å². The van der Waals surface area contributed by atoms with Gasteiger partial charge in [-0.25, -0.2) is 4.98 Å². The van der Waals surface area contributed by atoms with Gasteiger partial charge in [0.25, 0.3) is 0 Å². The van der Waals surface area contributed by atoms with Gasteiger partial charge in [0.05, 0.1) is 0 Å². The van der Waals surface area contributed by atoms with Crippen molar-refractivity contribution in [2.24, 2.45) is 0 Å². The van der Waals surface area contributed by atoms with Gasteiger partial charge >= 0.3 is 0 Å². The lowest BCUT2D eigenvalue weighted by Gasteiger charge is -2.28. The number of likely N-dealkylation sites (tertiary alicyclic amines) is 1. The van der Waals surface area contributed by atoms with E-state index in [-0.39, 0.29) is 0 Å². The molecule has 29 heavy (non-hydrogen) atoms. The van der Waals surface area contributed by atoms with E-state index in [0.717, 1.165) is 30.3 Å². The quantitative estimate of drug-likeness (QED) is 0.703. The highest BCUT2D eigenvalue weighted by Crippen LogP contribution is 2.26. The van der Waals surface area contributed by atoms with E-state index in [1.54, 1.807) is 0 Å². The molecule has 1 aliphatic carbocycles. The molecule has 5 nitrogen and oxygen atoms in total. The maximum absolute atomic E-state index is 4.85. The van der Waals surface area contributed by atoms with E-state index >= 15 is 0 Å². The number of aromatic nitrogens is 2. The Morgan fingerprint density at radius 1 is 1.00 bits per heavy atom. The van der Waals surface area contributed by atoms with Crippen LogP contribution < -0.4 is 10.2 Å². The van der Waals surface area contributed by atoms with Crippen molar-refractivity contribution in [1.29, 1.82) is 0 Å². The zero-order valence-corrected chi connectivity index (χ0v) is 18.1. The van der Waals surface area contributed by atoms with Crippen molar-refractivity contribution < 1.29 is 0 Å². The average Bonchev–Trinajstić information content (AvgIpc) is 3.19. The van der Waals surface area contributed by atoms with Gasteiger partial charge in [-0.05, 0) is 95.3 Å². The molecule has 1 N–H and O–H groups in total. The molecule has 2 aromatic rings. The molecular weight excluding hydrogens is 358 g/mol. The largest absolute Gasteiger partial charge is 0.357 e. The third kappa shape index (κ3) is 5.27. The van der Waals surface area contributed by atoms with Crippen molar-refractivity contribution in [2.45, 2.75) is 58.8 Å². The number of benzene rings is 1. The molecule has 4 rings (SSSR count). The highest BCUT2D eigenvalue weighted by Gasteiger charge is 2.14. The molecular formula is C24H35N5. The fraction of sp³-hybridized carbons (Fsp3) is 0.583. The number of rotatable bonds is 8. The fourth-order valence-electron chi connectivity index (χ4n) is 4.65. The lowest BCUT2D eigenvalue weighted by molar-refractivity contribution is 0.227. The van der Waals surface area contributed by atoms with Crippen molar-refractivity contribution in [3.8, 4) is 0 Å². The average molecular weight is 394 g/mol. The maximum Gasteiger partial charge on any atom is 0.229 e. The number of nitrogens with one attached hydrogen (secondary N) is 1. The van der Waals surface area contributed by atoms with E-state index in [4.69, 9.17) is 4.98 Å². The second kappa shape index (κ2) is 9.57. The number of piperidine rings is 1. The maximum atomic E-state index is 4.85. The van der Waals surface area contributed by atoms with Crippen LogP contribution in [0.1, 0.15) is 55.8 Å². The molecule has 0 saturated carbocycles. The Kier molecular flexibility index (Phi) is 6.65. The highest BCUT2D eigenvalue weighted by atomic mass is 15.2. The molecule has 1 aliphatic heterocycles. The predicted octanol–water partition coefficient (Wildman–Crippen LogP) is 4.72. The topological polar surface area (TPSA) is 44.3 Å². The molecule has 156 valence electrons. The van der Waals surface area contributed by atoms with E-state index < -0.39 is 0 Å². The van der Waals surface area contributed by atoms with Crippen LogP contribution in [0.2, 0.25) is 0 Å². The van der Waals surface area contributed by atoms with Crippen molar-refractivity contribution in [1.82, 2.24) is 14.9 Å². The van der Waals surface area contributed by atoms with Gasteiger partial charge in [0.2, 0.25) is 5.95 Å². The SMILES string of the molecule is CCN(CCCN1CCCCC1)c1cc(C)nc(Nc2ccc3c(c2)CCC3)n1. The number of aryl methyl sites for hydroxylation is 3. The van der Waals surface area contributed by atoms with E-state index in [9.17, 15) is 0 Å². The molecule has 5 heteroatoms. The summed E-state index contributed by atoms with van der Waals surface area (Å²) in [5.41, 5.74) is 5.06. The summed E-state index contributed by atoms with van der Waals surface area (Å²) in [6.07, 6.45) is 8.98. The molecule has 0 radical (unpaired) electrons. The lowest BCUT2D eigenvalue weighted by Crippen LogP contribution is -2.33. The second-order valence-electron chi connectivity index (χ2n) is 8.49. The van der Waals surface area contributed by atoms with Crippen LogP contribution in [-0.2, 0) is 12.8 Å². The van der Waals surface area contributed by atoms with Gasteiger partial charge in [-0.15, -0.1) is 0 Å². The standard InChI is InChI=1S/C24H35N5/c1-3-29(16-8-15-28-13-5-4-6-14-28)23-17-19(2)25-24(27-23)26-22-12-11-20-9-7-10-21(20)18-22/h11-12,17-18H,3-10,13-16H2,1-2H3,(H,25,26,27). The molecule has 1 saturated heterocycles. The second-order valence-corrected chi connectivity index (χ2v) is 8.49. The summed E-state index contributed by atoms with van der Waals surface area (Å²) >= 11 is 0. The minimum atomic E-state index is 0.701. The summed E-state index contributed by atoms with van der Waals surface area (Å²) in [6, 6.07) is 8.79. The van der Waals surface area contributed by atoms with Gasteiger partial charge in [-0.1, -0.05) is 12.5 Å². The minimum absolute atomic E-state index is 0.701. The predicted molar refractivity (Wildman–Crippen MR) is 121 cm³/mol. The zero-order valence-electron chi connectivity index (χ0n) is 18.1. The Hall–Kier alpha value is -2.14. The Labute approximate surface area is 175 Å².